The lowest BCUT2D eigenvalue weighted by atomic mass is 9.83. The monoisotopic (exact) mass is 348 g/mol. The first-order valence-electron chi connectivity index (χ1n) is 8.34. The highest BCUT2D eigenvalue weighted by atomic mass is 35.5. The van der Waals surface area contributed by atoms with Crippen molar-refractivity contribution in [3.8, 4) is 5.69 Å². The molecular weight excluding hydrogens is 324 g/mol. The maximum atomic E-state index is 12.2. The smallest absolute Gasteiger partial charge is 0.220 e. The van der Waals surface area contributed by atoms with Gasteiger partial charge in [0.15, 0.2) is 0 Å². The molecule has 0 saturated heterocycles. The van der Waals surface area contributed by atoms with Crippen LogP contribution in [0.5, 0.6) is 0 Å². The van der Waals surface area contributed by atoms with Gasteiger partial charge in [-0.15, -0.1) is 12.4 Å². The lowest BCUT2D eigenvalue weighted by Gasteiger charge is -2.28. The highest BCUT2D eigenvalue weighted by Crippen LogP contribution is 2.25. The van der Waals surface area contributed by atoms with Gasteiger partial charge in [0, 0.05) is 31.4 Å². The number of carbonyl (C=O) groups is 1. The van der Waals surface area contributed by atoms with E-state index in [1.54, 1.807) is 6.20 Å². The molecule has 1 amide bonds. The quantitative estimate of drug-likeness (QED) is 0.872. The van der Waals surface area contributed by atoms with Crippen molar-refractivity contribution >= 4 is 18.3 Å². The molecule has 1 saturated carbocycles. The Morgan fingerprint density at radius 1 is 1.25 bits per heavy atom. The van der Waals surface area contributed by atoms with Gasteiger partial charge in [-0.2, -0.15) is 5.10 Å². The molecule has 1 aliphatic carbocycles. The lowest BCUT2D eigenvalue weighted by Crippen LogP contribution is -2.37. The van der Waals surface area contributed by atoms with Crippen molar-refractivity contribution in [1.82, 2.24) is 15.1 Å². The van der Waals surface area contributed by atoms with E-state index in [1.807, 2.05) is 41.2 Å². The van der Waals surface area contributed by atoms with E-state index in [0.717, 1.165) is 24.1 Å². The number of nitrogens with two attached hydrogens (primary N) is 1. The van der Waals surface area contributed by atoms with E-state index in [1.165, 1.54) is 12.8 Å². The molecule has 2 aromatic rings. The molecule has 0 spiro atoms. The summed E-state index contributed by atoms with van der Waals surface area (Å²) in [4.78, 5) is 12.2. The minimum Gasteiger partial charge on any atom is -0.352 e. The molecule has 3 rings (SSSR count). The summed E-state index contributed by atoms with van der Waals surface area (Å²) >= 11 is 0. The first kappa shape index (κ1) is 18.5. The van der Waals surface area contributed by atoms with E-state index in [2.05, 4.69) is 10.4 Å². The molecule has 2 unspecified atom stereocenters. The molecule has 1 fully saturated rings. The number of benzene rings is 1. The van der Waals surface area contributed by atoms with Crippen molar-refractivity contribution in [3.05, 3.63) is 48.3 Å². The van der Waals surface area contributed by atoms with Gasteiger partial charge in [-0.1, -0.05) is 31.0 Å². The molecular formula is C18H25ClN4O. The fourth-order valence-electron chi connectivity index (χ4n) is 3.29. The van der Waals surface area contributed by atoms with Gasteiger partial charge in [-0.25, -0.2) is 4.68 Å². The Hall–Kier alpha value is -1.85. The average Bonchev–Trinajstić information content (AvgIpc) is 3.10. The fraction of sp³-hybridized carbons (Fsp3) is 0.444. The second kappa shape index (κ2) is 8.85. The van der Waals surface area contributed by atoms with Gasteiger partial charge < -0.3 is 11.1 Å². The molecule has 0 radical (unpaired) electrons. The van der Waals surface area contributed by atoms with Crippen LogP contribution in [0.25, 0.3) is 5.69 Å². The van der Waals surface area contributed by atoms with E-state index in [0.29, 0.717) is 18.9 Å². The van der Waals surface area contributed by atoms with Crippen LogP contribution in [0, 0.1) is 5.92 Å². The minimum atomic E-state index is 0. The summed E-state index contributed by atoms with van der Waals surface area (Å²) in [6.07, 6.45) is 8.68. The molecule has 1 heterocycles. The van der Waals surface area contributed by atoms with Crippen LogP contribution in [-0.2, 0) is 11.3 Å². The number of hydrogen-bond donors (Lipinski definition) is 2. The molecule has 2 atom stereocenters. The first-order chi connectivity index (χ1) is 11.2. The molecule has 1 aromatic carbocycles. The predicted molar refractivity (Wildman–Crippen MR) is 97.2 cm³/mol. The third-order valence-electron chi connectivity index (χ3n) is 4.63. The van der Waals surface area contributed by atoms with Crippen LogP contribution >= 0.6 is 12.4 Å². The number of aromatic nitrogens is 2. The highest BCUT2D eigenvalue weighted by molar-refractivity contribution is 5.85. The van der Waals surface area contributed by atoms with Crippen molar-refractivity contribution in [3.63, 3.8) is 0 Å². The lowest BCUT2D eigenvalue weighted by molar-refractivity contribution is -0.122. The fourth-order valence-corrected chi connectivity index (χ4v) is 3.29. The number of para-hydroxylation sites is 1. The van der Waals surface area contributed by atoms with E-state index in [9.17, 15) is 4.79 Å². The van der Waals surface area contributed by atoms with Crippen molar-refractivity contribution < 1.29 is 4.79 Å². The Bertz CT molecular complexity index is 644. The summed E-state index contributed by atoms with van der Waals surface area (Å²) < 4.78 is 1.82. The molecule has 3 N–H and O–H groups in total. The number of carbonyl (C=O) groups excluding carboxylic acids is 1. The Kier molecular flexibility index (Phi) is 6.82. The topological polar surface area (TPSA) is 72.9 Å². The largest absolute Gasteiger partial charge is 0.352 e. The number of nitrogens with one attached hydrogen (secondary N) is 1. The van der Waals surface area contributed by atoms with Crippen LogP contribution in [-0.4, -0.2) is 21.7 Å². The molecule has 1 aliphatic rings. The van der Waals surface area contributed by atoms with Gasteiger partial charge in [0.1, 0.15) is 0 Å². The maximum Gasteiger partial charge on any atom is 0.220 e. The van der Waals surface area contributed by atoms with Crippen LogP contribution in [0.15, 0.2) is 42.7 Å². The zero-order valence-electron chi connectivity index (χ0n) is 13.7. The zero-order chi connectivity index (χ0) is 16.1. The summed E-state index contributed by atoms with van der Waals surface area (Å²) in [5, 5.41) is 7.30. The van der Waals surface area contributed by atoms with Crippen LogP contribution < -0.4 is 11.1 Å². The van der Waals surface area contributed by atoms with E-state index >= 15 is 0 Å². The van der Waals surface area contributed by atoms with Gasteiger partial charge in [0.2, 0.25) is 5.91 Å². The number of rotatable bonds is 5. The summed E-state index contributed by atoms with van der Waals surface area (Å²) in [6, 6.07) is 10.0. The maximum absolute atomic E-state index is 12.2. The molecule has 0 aliphatic heterocycles. The second-order valence-corrected chi connectivity index (χ2v) is 6.27. The van der Waals surface area contributed by atoms with E-state index in [-0.39, 0.29) is 24.4 Å². The summed E-state index contributed by atoms with van der Waals surface area (Å²) in [7, 11) is 0. The van der Waals surface area contributed by atoms with E-state index in [4.69, 9.17) is 5.73 Å². The third kappa shape index (κ3) is 4.58. The zero-order valence-corrected chi connectivity index (χ0v) is 14.5. The van der Waals surface area contributed by atoms with Crippen molar-refractivity contribution in [2.75, 3.05) is 0 Å². The predicted octanol–water partition coefficient (Wildman–Crippen LogP) is 2.82. The number of amides is 1. The van der Waals surface area contributed by atoms with Gasteiger partial charge in [-0.05, 0) is 36.5 Å². The van der Waals surface area contributed by atoms with Crippen LogP contribution in [0.1, 0.15) is 37.7 Å². The molecule has 0 bridgehead atoms. The summed E-state index contributed by atoms with van der Waals surface area (Å²) in [5.74, 6) is 0.410. The van der Waals surface area contributed by atoms with Gasteiger partial charge in [0.25, 0.3) is 0 Å². The Morgan fingerprint density at radius 3 is 2.79 bits per heavy atom. The molecule has 130 valence electrons. The first-order valence-corrected chi connectivity index (χ1v) is 8.34. The van der Waals surface area contributed by atoms with Gasteiger partial charge >= 0.3 is 0 Å². The minimum absolute atomic E-state index is 0. The Balaban J connectivity index is 0.00000208. The van der Waals surface area contributed by atoms with Crippen LogP contribution in [0.2, 0.25) is 0 Å². The summed E-state index contributed by atoms with van der Waals surface area (Å²) in [5.41, 5.74) is 8.18. The molecule has 6 heteroatoms. The standard InChI is InChI=1S/C18H24N4O.ClH/c19-16-8-3-1-6-14(16)12-18(23)20-13-15-7-2-4-9-17(15)22-11-5-10-21-22;/h2,4-5,7,9-11,14,16H,1,3,6,8,12-13,19H2,(H,20,23);1H. The molecule has 24 heavy (non-hydrogen) atoms. The SMILES string of the molecule is Cl.NC1CCCCC1CC(=O)NCc1ccccc1-n1cccn1. The number of nitrogens with zero attached hydrogens (tertiary/aromatic N) is 2. The summed E-state index contributed by atoms with van der Waals surface area (Å²) in [6.45, 7) is 0.511. The van der Waals surface area contributed by atoms with Crippen molar-refractivity contribution in [1.29, 1.82) is 0 Å². The molecule has 5 nitrogen and oxygen atoms in total. The Labute approximate surface area is 149 Å². The van der Waals surface area contributed by atoms with Gasteiger partial charge in [-0.3, -0.25) is 4.79 Å². The average molecular weight is 349 g/mol. The second-order valence-electron chi connectivity index (χ2n) is 6.27. The number of halogens is 1. The molecule has 1 aromatic heterocycles. The van der Waals surface area contributed by atoms with Gasteiger partial charge in [0.05, 0.1) is 5.69 Å². The highest BCUT2D eigenvalue weighted by Gasteiger charge is 2.24. The Morgan fingerprint density at radius 2 is 2.04 bits per heavy atom. The van der Waals surface area contributed by atoms with E-state index < -0.39 is 0 Å². The normalized spacial score (nSPS) is 20.2. The van der Waals surface area contributed by atoms with Crippen molar-refractivity contribution in [2.24, 2.45) is 11.7 Å². The van der Waals surface area contributed by atoms with Crippen LogP contribution in [0.4, 0.5) is 0 Å². The van der Waals surface area contributed by atoms with Crippen LogP contribution in [0.3, 0.4) is 0 Å². The third-order valence-corrected chi connectivity index (χ3v) is 4.63. The van der Waals surface area contributed by atoms with Crippen molar-refractivity contribution in [2.45, 2.75) is 44.7 Å². The number of hydrogen-bond acceptors (Lipinski definition) is 3.